The first-order chi connectivity index (χ1) is 61.4. The first-order valence-electron chi connectivity index (χ1n) is 43.5. The number of rotatable bonds is 28. The van der Waals surface area contributed by atoms with Crippen molar-refractivity contribution >= 4 is 161 Å². The average Bonchev–Trinajstić information content (AvgIpc) is 1.65. The van der Waals surface area contributed by atoms with Gasteiger partial charge in [-0.05, 0) is 214 Å². The third kappa shape index (κ3) is 27.1. The quantitative estimate of drug-likeness (QED) is 0.00951. The molecule has 691 valence electrons. The predicted octanol–water partition coefficient (Wildman–Crippen LogP) is 13.7. The maximum Gasteiger partial charge on any atom is 0.374 e. The summed E-state index contributed by atoms with van der Waals surface area (Å²) in [7, 11) is 1.47. The van der Waals surface area contributed by atoms with Gasteiger partial charge in [-0.1, -0.05) is 101 Å². The molecule has 39 heteroatoms. The molecule has 3 fully saturated rings. The van der Waals surface area contributed by atoms with Gasteiger partial charge >= 0.3 is 26.0 Å². The molecule has 0 bridgehead atoms. The van der Waals surface area contributed by atoms with Crippen LogP contribution < -0.4 is 26.4 Å². The third-order valence-electron chi connectivity index (χ3n) is 23.8. The molecular formula is C91H113AlB3Cl3FN11O16S3V. The summed E-state index contributed by atoms with van der Waals surface area (Å²) in [4.78, 5) is 106. The van der Waals surface area contributed by atoms with Gasteiger partial charge in [0.1, 0.15) is 79.0 Å². The number of carbonyl (C=O) groups excluding carboxylic acids is 6. The summed E-state index contributed by atoms with van der Waals surface area (Å²) in [6, 6.07) is 22.0. The van der Waals surface area contributed by atoms with Crippen LogP contribution in [0.4, 0.5) is 21.8 Å². The molecular weight excluding hydrogens is 1830 g/mol. The largest absolute Gasteiger partial charge is 0.461 e. The summed E-state index contributed by atoms with van der Waals surface area (Å²) in [6.45, 7) is 22.5. The van der Waals surface area contributed by atoms with Gasteiger partial charge in [0.25, 0.3) is 0 Å². The van der Waals surface area contributed by atoms with Crippen molar-refractivity contribution in [3.63, 3.8) is 0 Å². The Labute approximate surface area is 811 Å². The van der Waals surface area contributed by atoms with Crippen LogP contribution in [0.2, 0.25) is 28.7 Å². The minimum Gasteiger partial charge on any atom is -0.461 e. The fourth-order valence-corrected chi connectivity index (χ4v) is 21.0. The smallest absolute Gasteiger partial charge is 0.374 e. The van der Waals surface area contributed by atoms with Crippen molar-refractivity contribution in [1.29, 1.82) is 0 Å². The van der Waals surface area contributed by atoms with E-state index in [0.717, 1.165) is 93.0 Å². The second kappa shape index (κ2) is 50.9. The standard InChI is InChI=1S/C32H40BClN4O5S.C31H38BClN4O6S.C26H28ClN3O3S.CHBO.CH3F.Al.H2O.V.H/c1-6-19-11-22(13-26(19)43-32(40)28(17(2)3)38-33(5)41)37-31-25(15-35-16-36-31)29(39)27-14-23(18(4)44-27)30-24-12-21(34)8-7-20(24)9-10-42-30;1-16(2)27(37-32(4)41)31(40)43-25-11-21(9-19(25)14-38)36-30-24(13-34-15-35-30)28(39)26-12-22(17(3)44-26)29-23-10-20(33)6-5-18(23)7-8-42-29;1-3-15-8-18(10-22(15)31)30-26-21(12-28-13-29-26)24(32)23-11-19(14(2)34-23)25-20-9-17(27)5-4-16(20)6-7-33-25;2-1-3;1-2;;;;/h7-8,12,14-17,19,22,26,28,30,38,41H,6,9-11,13H2,1-5H3,(H,35,36,37);5-6,10,12-13,15-16,19,21,25,27,29,37-38,41H,7-9,11,14H2,1-4H3,(H,34,35,36);4-5,9,11-13,15,18,22,25,31H,3,6-8,10H2,1-2H3,(H,28,29,30);1H;1H3;;1H2;;/t19-,22+,26-,28-,30-;19-,21-,25+,27+,29+;15-,18+,22-,25-;;;;;;/m010....../s1/i;;;;1D;;;;. The van der Waals surface area contributed by atoms with Gasteiger partial charge < -0.3 is 80.6 Å². The maximum absolute atomic E-state index is 13.9. The van der Waals surface area contributed by atoms with Gasteiger partial charge in [-0.25, -0.2) is 29.9 Å². The van der Waals surface area contributed by atoms with Crippen LogP contribution in [0.25, 0.3) is 0 Å². The van der Waals surface area contributed by atoms with Crippen LogP contribution in [-0.2, 0) is 75.9 Å². The van der Waals surface area contributed by atoms with Crippen LogP contribution in [-0.4, -0.2) is 213 Å². The number of halogens is 4. The Morgan fingerprint density at radius 3 is 1.16 bits per heavy atom. The van der Waals surface area contributed by atoms with E-state index in [1.165, 1.54) is 75.9 Å². The van der Waals surface area contributed by atoms with Crippen molar-refractivity contribution in [1.82, 2.24) is 40.4 Å². The van der Waals surface area contributed by atoms with Crippen LogP contribution >= 0.6 is 68.8 Å². The number of ketones is 3. The molecule has 9 heterocycles. The van der Waals surface area contributed by atoms with Gasteiger partial charge in [0, 0.05) is 110 Å². The fraction of sp³-hybridized carbons (Fsp3) is 0.473. The number of anilines is 3. The van der Waals surface area contributed by atoms with Gasteiger partial charge in [0.15, 0.2) is 7.85 Å². The molecule has 3 saturated carbocycles. The number of thiophene rings is 3. The van der Waals surface area contributed by atoms with E-state index >= 15 is 0 Å². The number of aryl methyl sites for hydroxylation is 3. The molecule has 5 radical (unpaired) electrons. The zero-order valence-electron chi connectivity index (χ0n) is 75.6. The Hall–Kier alpha value is -7.27. The molecule has 6 aromatic heterocycles. The Morgan fingerprint density at radius 1 is 0.554 bits per heavy atom. The number of esters is 2. The molecule has 9 aromatic rings. The summed E-state index contributed by atoms with van der Waals surface area (Å²) < 4.78 is 45.8. The van der Waals surface area contributed by atoms with E-state index in [9.17, 15) is 48.6 Å². The molecule has 15 rings (SSSR count). The number of aliphatic hydroxyl groups excluding tert-OH is 2. The van der Waals surface area contributed by atoms with Gasteiger partial charge in [0.05, 0.1) is 89.3 Å². The molecule has 14 atom stereocenters. The van der Waals surface area contributed by atoms with E-state index in [-0.39, 0.29) is 156 Å². The van der Waals surface area contributed by atoms with E-state index < -0.39 is 45.4 Å². The molecule has 11 N–H and O–H groups in total. The molecule has 0 spiro atoms. The van der Waals surface area contributed by atoms with Gasteiger partial charge in [-0.2, -0.15) is 0 Å². The molecule has 0 unspecified atom stereocenters. The van der Waals surface area contributed by atoms with Crippen molar-refractivity contribution < 1.29 is 103 Å². The van der Waals surface area contributed by atoms with E-state index in [0.29, 0.717) is 109 Å². The van der Waals surface area contributed by atoms with Crippen LogP contribution in [0.5, 0.6) is 0 Å². The van der Waals surface area contributed by atoms with Gasteiger partial charge in [-0.15, -0.1) is 34.0 Å². The average molecular weight is 1950 g/mol. The van der Waals surface area contributed by atoms with E-state index in [1.807, 2.05) is 115 Å². The monoisotopic (exact) mass is 1950 g/mol. The van der Waals surface area contributed by atoms with Crippen LogP contribution in [0.15, 0.2) is 110 Å². The van der Waals surface area contributed by atoms with Crippen molar-refractivity contribution in [2.45, 2.75) is 213 Å². The number of aromatic nitrogens is 6. The zero-order valence-corrected chi connectivity index (χ0v) is 82.1. The van der Waals surface area contributed by atoms with Crippen molar-refractivity contribution in [2.24, 2.45) is 29.6 Å². The molecule has 3 aliphatic carbocycles. The topological polar surface area (TPSA) is 398 Å². The van der Waals surface area contributed by atoms with Crippen LogP contribution in [0.3, 0.4) is 0 Å². The van der Waals surface area contributed by atoms with Crippen molar-refractivity contribution in [3.8, 4) is 0 Å². The van der Waals surface area contributed by atoms with E-state index in [1.54, 1.807) is 26.0 Å². The van der Waals surface area contributed by atoms with E-state index in [2.05, 4.69) is 84.1 Å². The first kappa shape index (κ1) is 106. The molecule has 3 aromatic carbocycles. The first-order valence-corrected chi connectivity index (χ1v) is 46.4. The number of aliphatic hydroxyl groups is 2. The van der Waals surface area contributed by atoms with Crippen LogP contribution in [0, 0.1) is 50.4 Å². The number of benzene rings is 3. The minimum atomic E-state index is -1.00. The summed E-state index contributed by atoms with van der Waals surface area (Å²) in [5.41, 5.74) is 10.8. The minimum absolute atomic E-state index is 0. The predicted molar refractivity (Wildman–Crippen MR) is 508 cm³/mol. The second-order valence-electron chi connectivity index (χ2n) is 33.2. The SMILES string of the molecule is CB(O)N[C@H](C(=O)O[C@H]1C[C@H](Nc2ncncc2C(=O)c2cc([C@@H]3OCCc4ccc(Cl)cc43)c(C)s2)C[C@@H]1CO)C(C)C.CC[C@H]1C[C@@H](Nc2ncncc2C(=O)c2cc([C@@H]3OCCc4ccc(Cl)cc43)c(C)s2)C[C@@H]1O.CC[C@H]1C[C@@H](Nc2ncncc2C(=O)c2cc([C@@H]3OCCc4ccc(Cl)cc43)c(C)s2)C[C@@H]1OC(=O)[C@@H](NB(C)O)C(C)C.O.[2H]CF.[AlH].[B]C=O.[V]. The Balaban J connectivity index is 0.000000234. The molecule has 0 saturated heterocycles. The number of nitrogens with one attached hydrogen (secondary N) is 5. The van der Waals surface area contributed by atoms with Crippen LogP contribution in [0.1, 0.15) is 223 Å². The number of fused-ring (bicyclic) bond motifs is 3. The zero-order chi connectivity index (χ0) is 92.3. The van der Waals surface area contributed by atoms with Gasteiger partial charge in [-0.3, -0.25) is 28.4 Å². The molecule has 0 amide bonds. The summed E-state index contributed by atoms with van der Waals surface area (Å²) in [5.74, 6) is 0.0448. The molecule has 6 aliphatic rings. The Bertz CT molecular complexity index is 5120. The second-order valence-corrected chi connectivity index (χ2v) is 38.3. The summed E-state index contributed by atoms with van der Waals surface area (Å²) in [6.07, 6.45) is 15.3. The van der Waals surface area contributed by atoms with Crippen molar-refractivity contribution in [2.75, 3.05) is 49.5 Å². The normalized spacial score (nSPS) is 21.4. The maximum atomic E-state index is 13.9. The molecule has 130 heavy (non-hydrogen) atoms. The number of hydrogen-bond donors (Lipinski definition) is 9. The number of carbonyl (C=O) groups is 6. The molecule has 3 aliphatic heterocycles. The summed E-state index contributed by atoms with van der Waals surface area (Å²) >= 11 is 23.2. The number of ether oxygens (including phenoxy) is 5. The summed E-state index contributed by atoms with van der Waals surface area (Å²) in [5, 5.41) is 57.8. The Morgan fingerprint density at radius 2 is 0.862 bits per heavy atom. The molecule has 27 nitrogen and oxygen atoms in total. The number of hydrogen-bond acceptors (Lipinski definition) is 29. The van der Waals surface area contributed by atoms with Gasteiger partial charge in [0.2, 0.25) is 17.3 Å². The van der Waals surface area contributed by atoms with Crippen molar-refractivity contribution in [3.05, 3.63) is 221 Å². The number of nitrogens with zero attached hydrogens (tertiary/aromatic N) is 6. The fourth-order valence-electron chi connectivity index (χ4n) is 17.4. The number of alkyl halides is 1. The third-order valence-corrected chi connectivity index (χ3v) is 27.7. The Kier molecular flexibility index (Phi) is 41.7. The van der Waals surface area contributed by atoms with E-state index in [4.69, 9.17) is 64.7 Å².